The molecule has 0 saturated heterocycles. The summed E-state index contributed by atoms with van der Waals surface area (Å²) in [5, 5.41) is 0. The van der Waals surface area contributed by atoms with Crippen LogP contribution in [0.5, 0.6) is 17.2 Å². The standard InChI is InChI=1S/C14H16N2O2/c1-10(15)14-8-7-13(9-16-14)18-12-5-3-11(17-2)4-6-12/h3-10H,15H2,1-2H3/t10-/m0/s1. The molecule has 1 heterocycles. The highest BCUT2D eigenvalue weighted by atomic mass is 16.5. The molecule has 0 spiro atoms. The number of nitrogens with two attached hydrogens (primary N) is 1. The van der Waals surface area contributed by atoms with Gasteiger partial charge >= 0.3 is 0 Å². The van der Waals surface area contributed by atoms with E-state index in [1.54, 1.807) is 13.3 Å². The SMILES string of the molecule is COc1ccc(Oc2ccc([C@H](C)N)nc2)cc1. The van der Waals surface area contributed by atoms with Gasteiger partial charge in [0.05, 0.1) is 19.0 Å². The average Bonchev–Trinajstić information content (AvgIpc) is 2.40. The van der Waals surface area contributed by atoms with Gasteiger partial charge in [-0.05, 0) is 43.3 Å². The third-order valence-corrected chi connectivity index (χ3v) is 2.52. The lowest BCUT2D eigenvalue weighted by molar-refractivity contribution is 0.412. The summed E-state index contributed by atoms with van der Waals surface area (Å²) in [5.74, 6) is 2.23. The van der Waals surface area contributed by atoms with Gasteiger partial charge in [-0.2, -0.15) is 0 Å². The molecule has 18 heavy (non-hydrogen) atoms. The van der Waals surface area contributed by atoms with Crippen molar-refractivity contribution in [2.24, 2.45) is 5.73 Å². The highest BCUT2D eigenvalue weighted by molar-refractivity contribution is 5.34. The number of aromatic nitrogens is 1. The number of methoxy groups -OCH3 is 1. The van der Waals surface area contributed by atoms with Gasteiger partial charge in [-0.1, -0.05) is 0 Å². The van der Waals surface area contributed by atoms with Crippen LogP contribution in [0.3, 0.4) is 0 Å². The third-order valence-electron chi connectivity index (χ3n) is 2.52. The van der Waals surface area contributed by atoms with Gasteiger partial charge in [0.1, 0.15) is 17.2 Å². The zero-order valence-corrected chi connectivity index (χ0v) is 10.5. The molecule has 94 valence electrons. The molecule has 4 heteroatoms. The van der Waals surface area contributed by atoms with E-state index in [1.165, 1.54) is 0 Å². The Kier molecular flexibility index (Phi) is 3.79. The lowest BCUT2D eigenvalue weighted by atomic mass is 10.2. The normalized spacial score (nSPS) is 11.9. The van der Waals surface area contributed by atoms with E-state index in [1.807, 2.05) is 43.3 Å². The van der Waals surface area contributed by atoms with Gasteiger partial charge < -0.3 is 15.2 Å². The van der Waals surface area contributed by atoms with Crippen molar-refractivity contribution in [2.75, 3.05) is 7.11 Å². The number of rotatable bonds is 4. The fourth-order valence-corrected chi connectivity index (χ4v) is 1.50. The Morgan fingerprint density at radius 1 is 1.00 bits per heavy atom. The Balaban J connectivity index is 2.08. The number of benzene rings is 1. The van der Waals surface area contributed by atoms with Crippen molar-refractivity contribution in [3.63, 3.8) is 0 Å². The van der Waals surface area contributed by atoms with Crippen LogP contribution in [0.15, 0.2) is 42.6 Å². The smallest absolute Gasteiger partial charge is 0.145 e. The Hall–Kier alpha value is -2.07. The molecule has 2 N–H and O–H groups in total. The summed E-state index contributed by atoms with van der Waals surface area (Å²) in [6.45, 7) is 1.90. The van der Waals surface area contributed by atoms with Crippen LogP contribution in [-0.2, 0) is 0 Å². The average molecular weight is 244 g/mol. The third kappa shape index (κ3) is 2.99. The summed E-state index contributed by atoms with van der Waals surface area (Å²) < 4.78 is 10.7. The van der Waals surface area contributed by atoms with E-state index in [9.17, 15) is 0 Å². The van der Waals surface area contributed by atoms with E-state index in [4.69, 9.17) is 15.2 Å². The molecule has 4 nitrogen and oxygen atoms in total. The van der Waals surface area contributed by atoms with Crippen LogP contribution in [0.2, 0.25) is 0 Å². The molecule has 0 unspecified atom stereocenters. The first-order valence-corrected chi connectivity index (χ1v) is 5.72. The summed E-state index contributed by atoms with van der Waals surface area (Å²) in [6.07, 6.45) is 1.67. The van der Waals surface area contributed by atoms with Crippen LogP contribution >= 0.6 is 0 Å². The first-order chi connectivity index (χ1) is 8.69. The van der Waals surface area contributed by atoms with Gasteiger partial charge in [0.2, 0.25) is 0 Å². The van der Waals surface area contributed by atoms with Gasteiger partial charge in [-0.15, -0.1) is 0 Å². The minimum absolute atomic E-state index is 0.0694. The fraction of sp³-hybridized carbons (Fsp3) is 0.214. The molecule has 0 aliphatic carbocycles. The molecule has 0 fully saturated rings. The monoisotopic (exact) mass is 244 g/mol. The Bertz CT molecular complexity index is 492. The zero-order valence-electron chi connectivity index (χ0n) is 10.5. The minimum Gasteiger partial charge on any atom is -0.497 e. The summed E-state index contributed by atoms with van der Waals surface area (Å²) in [4.78, 5) is 4.23. The predicted octanol–water partition coefficient (Wildman–Crippen LogP) is 2.90. The van der Waals surface area contributed by atoms with E-state index in [0.29, 0.717) is 5.75 Å². The van der Waals surface area contributed by atoms with Crippen LogP contribution in [0.25, 0.3) is 0 Å². The zero-order chi connectivity index (χ0) is 13.0. The van der Waals surface area contributed by atoms with Crippen molar-refractivity contribution in [3.8, 4) is 17.2 Å². The van der Waals surface area contributed by atoms with Gasteiger partial charge in [-0.25, -0.2) is 0 Å². The highest BCUT2D eigenvalue weighted by Crippen LogP contribution is 2.23. The van der Waals surface area contributed by atoms with Crippen molar-refractivity contribution in [1.29, 1.82) is 0 Å². The molecule has 0 bridgehead atoms. The van der Waals surface area contributed by atoms with Gasteiger partial charge in [-0.3, -0.25) is 4.98 Å². The molecule has 0 aliphatic rings. The number of pyridine rings is 1. The van der Waals surface area contributed by atoms with E-state index in [0.717, 1.165) is 17.2 Å². The van der Waals surface area contributed by atoms with Crippen LogP contribution in [-0.4, -0.2) is 12.1 Å². The topological polar surface area (TPSA) is 57.4 Å². The quantitative estimate of drug-likeness (QED) is 0.898. The summed E-state index contributed by atoms with van der Waals surface area (Å²) in [7, 11) is 1.63. The summed E-state index contributed by atoms with van der Waals surface area (Å²) >= 11 is 0. The van der Waals surface area contributed by atoms with Gasteiger partial charge in [0, 0.05) is 6.04 Å². The van der Waals surface area contributed by atoms with Crippen molar-refractivity contribution < 1.29 is 9.47 Å². The molecule has 0 radical (unpaired) electrons. The Morgan fingerprint density at radius 2 is 1.61 bits per heavy atom. The largest absolute Gasteiger partial charge is 0.497 e. The molecule has 1 atom stereocenters. The van der Waals surface area contributed by atoms with E-state index in [-0.39, 0.29) is 6.04 Å². The first-order valence-electron chi connectivity index (χ1n) is 5.72. The van der Waals surface area contributed by atoms with Gasteiger partial charge in [0.15, 0.2) is 0 Å². The van der Waals surface area contributed by atoms with Crippen LogP contribution in [0, 0.1) is 0 Å². The maximum Gasteiger partial charge on any atom is 0.145 e. The number of nitrogens with zero attached hydrogens (tertiary/aromatic N) is 1. The molecule has 0 amide bonds. The number of hydrogen-bond donors (Lipinski definition) is 1. The van der Waals surface area contributed by atoms with Crippen molar-refractivity contribution in [1.82, 2.24) is 4.98 Å². The van der Waals surface area contributed by atoms with E-state index < -0.39 is 0 Å². The Morgan fingerprint density at radius 3 is 2.11 bits per heavy atom. The lowest BCUT2D eigenvalue weighted by Gasteiger charge is -2.08. The maximum absolute atomic E-state index is 5.73. The second kappa shape index (κ2) is 5.51. The summed E-state index contributed by atoms with van der Waals surface area (Å²) in [5.41, 5.74) is 6.58. The molecule has 1 aromatic heterocycles. The number of hydrogen-bond acceptors (Lipinski definition) is 4. The molecular formula is C14H16N2O2. The predicted molar refractivity (Wildman–Crippen MR) is 69.9 cm³/mol. The second-order valence-electron chi connectivity index (χ2n) is 3.99. The fourth-order valence-electron chi connectivity index (χ4n) is 1.50. The van der Waals surface area contributed by atoms with Gasteiger partial charge in [0.25, 0.3) is 0 Å². The summed E-state index contributed by atoms with van der Waals surface area (Å²) in [6, 6.07) is 11.0. The lowest BCUT2D eigenvalue weighted by Crippen LogP contribution is -2.06. The van der Waals surface area contributed by atoms with Crippen LogP contribution in [0.1, 0.15) is 18.7 Å². The molecule has 1 aromatic carbocycles. The molecule has 0 aliphatic heterocycles. The molecule has 2 aromatic rings. The van der Waals surface area contributed by atoms with Crippen LogP contribution < -0.4 is 15.2 Å². The van der Waals surface area contributed by atoms with E-state index in [2.05, 4.69) is 4.98 Å². The molecular weight excluding hydrogens is 228 g/mol. The van der Waals surface area contributed by atoms with Crippen molar-refractivity contribution in [3.05, 3.63) is 48.3 Å². The van der Waals surface area contributed by atoms with Crippen LogP contribution in [0.4, 0.5) is 0 Å². The first kappa shape index (κ1) is 12.4. The number of ether oxygens (including phenoxy) is 2. The molecule has 0 saturated carbocycles. The van der Waals surface area contributed by atoms with E-state index >= 15 is 0 Å². The highest BCUT2D eigenvalue weighted by Gasteiger charge is 2.02. The van der Waals surface area contributed by atoms with Crippen molar-refractivity contribution in [2.45, 2.75) is 13.0 Å². The minimum atomic E-state index is -0.0694. The maximum atomic E-state index is 5.73. The van der Waals surface area contributed by atoms with Crippen molar-refractivity contribution >= 4 is 0 Å². The Labute approximate surface area is 106 Å². The second-order valence-corrected chi connectivity index (χ2v) is 3.99. The molecule has 2 rings (SSSR count).